The van der Waals surface area contributed by atoms with Crippen LogP contribution in [0.25, 0.3) is 0 Å². The minimum Gasteiger partial charge on any atom is -0.481 e. The molecule has 0 aromatic carbocycles. The number of aliphatic carboxylic acids is 1. The highest BCUT2D eigenvalue weighted by Gasteiger charge is 2.06. The number of hydrogen-bond acceptors (Lipinski definition) is 2. The van der Waals surface area contributed by atoms with Crippen molar-refractivity contribution in [2.24, 2.45) is 0 Å². The van der Waals surface area contributed by atoms with Gasteiger partial charge in [-0.3, -0.25) is 4.79 Å². The first kappa shape index (κ1) is 7.43. The highest BCUT2D eigenvalue weighted by molar-refractivity contribution is 5.68. The van der Waals surface area contributed by atoms with Gasteiger partial charge in [0.25, 0.3) is 0 Å². The van der Waals surface area contributed by atoms with Crippen LogP contribution in [0.15, 0.2) is 0 Å². The monoisotopic (exact) mass is 117 g/mol. The maximum Gasteiger partial charge on any atom is 0.306 e. The Bertz CT molecular complexity index is 79.7. The molecule has 8 heavy (non-hydrogen) atoms. The molecule has 0 fully saturated rings. The van der Waals surface area contributed by atoms with Gasteiger partial charge in [-0.1, -0.05) is 6.92 Å². The number of carbonyl (C=O) groups is 1. The van der Waals surface area contributed by atoms with E-state index in [9.17, 15) is 4.79 Å². The van der Waals surface area contributed by atoms with Crippen molar-refractivity contribution in [2.45, 2.75) is 19.8 Å². The summed E-state index contributed by atoms with van der Waals surface area (Å²) in [6, 6.07) is 0. The second-order valence-electron chi connectivity index (χ2n) is 1.49. The molecule has 0 saturated heterocycles. The molecule has 0 rings (SSSR count). The van der Waals surface area contributed by atoms with E-state index < -0.39 is 5.97 Å². The number of aliphatic hydroxyl groups is 1. The van der Waals surface area contributed by atoms with Crippen LogP contribution in [0.1, 0.15) is 19.8 Å². The van der Waals surface area contributed by atoms with Crippen molar-refractivity contribution >= 4 is 5.97 Å². The summed E-state index contributed by atoms with van der Waals surface area (Å²) in [4.78, 5) is 9.79. The van der Waals surface area contributed by atoms with Gasteiger partial charge < -0.3 is 10.2 Å². The first-order valence-electron chi connectivity index (χ1n) is 2.42. The normalized spacial score (nSPS) is 9.88. The van der Waals surface area contributed by atoms with Gasteiger partial charge in [-0.05, 0) is 6.42 Å². The van der Waals surface area contributed by atoms with Crippen molar-refractivity contribution in [1.82, 2.24) is 0 Å². The predicted molar refractivity (Wildman–Crippen MR) is 27.7 cm³/mol. The Hall–Kier alpha value is -0.570. The van der Waals surface area contributed by atoms with Crippen LogP contribution in [0, 0.1) is 6.10 Å². The SMILES string of the molecule is CC[C](O)CC(=O)O. The second kappa shape index (κ2) is 3.43. The van der Waals surface area contributed by atoms with Gasteiger partial charge in [0.15, 0.2) is 0 Å². The van der Waals surface area contributed by atoms with Gasteiger partial charge in [0.05, 0.1) is 6.42 Å². The van der Waals surface area contributed by atoms with Crippen molar-refractivity contribution in [3.63, 3.8) is 0 Å². The Morgan fingerprint density at radius 1 is 1.50 bits per heavy atom. The Kier molecular flexibility index (Phi) is 3.19. The molecule has 0 amide bonds. The van der Waals surface area contributed by atoms with Crippen molar-refractivity contribution < 1.29 is 15.0 Å². The fourth-order valence-corrected chi connectivity index (χ4v) is 0.300. The van der Waals surface area contributed by atoms with Crippen LogP contribution in [0.5, 0.6) is 0 Å². The fourth-order valence-electron chi connectivity index (χ4n) is 0.300. The van der Waals surface area contributed by atoms with E-state index in [0.717, 1.165) is 0 Å². The molecular weight excluding hydrogens is 108 g/mol. The lowest BCUT2D eigenvalue weighted by Gasteiger charge is -1.98. The summed E-state index contributed by atoms with van der Waals surface area (Å²) in [6.07, 6.45) is 0.223. The summed E-state index contributed by atoms with van der Waals surface area (Å²) in [6.45, 7) is 1.71. The zero-order valence-electron chi connectivity index (χ0n) is 4.72. The van der Waals surface area contributed by atoms with E-state index in [2.05, 4.69) is 0 Å². The first-order chi connectivity index (χ1) is 3.66. The average Bonchev–Trinajstić information content (AvgIpc) is 1.65. The molecular formula is C5H9O3. The van der Waals surface area contributed by atoms with Crippen LogP contribution in [0.4, 0.5) is 0 Å². The van der Waals surface area contributed by atoms with Crippen molar-refractivity contribution in [1.29, 1.82) is 0 Å². The van der Waals surface area contributed by atoms with E-state index in [0.29, 0.717) is 6.42 Å². The molecule has 0 saturated carbocycles. The molecule has 0 aliphatic rings. The van der Waals surface area contributed by atoms with Gasteiger partial charge in [0.1, 0.15) is 6.10 Å². The quantitative estimate of drug-likeness (QED) is 0.574. The molecule has 0 aliphatic carbocycles. The number of carboxylic acids is 1. The molecule has 1 radical (unpaired) electrons. The third kappa shape index (κ3) is 3.61. The van der Waals surface area contributed by atoms with E-state index in [1.165, 1.54) is 0 Å². The van der Waals surface area contributed by atoms with E-state index in [4.69, 9.17) is 10.2 Å². The lowest BCUT2D eigenvalue weighted by molar-refractivity contribution is -0.137. The summed E-state index contributed by atoms with van der Waals surface area (Å²) in [5.41, 5.74) is 0. The predicted octanol–water partition coefficient (Wildman–Crippen LogP) is 0.776. The first-order valence-corrected chi connectivity index (χ1v) is 2.42. The maximum atomic E-state index is 9.79. The molecule has 0 spiro atoms. The van der Waals surface area contributed by atoms with Gasteiger partial charge in [-0.25, -0.2) is 0 Å². The molecule has 0 bridgehead atoms. The van der Waals surface area contributed by atoms with Crippen molar-refractivity contribution in [3.05, 3.63) is 6.10 Å². The molecule has 0 unspecified atom stereocenters. The Morgan fingerprint density at radius 2 is 2.00 bits per heavy atom. The van der Waals surface area contributed by atoms with Crippen LogP contribution in [0.2, 0.25) is 0 Å². The minimum atomic E-state index is -0.982. The van der Waals surface area contributed by atoms with Crippen LogP contribution in [-0.4, -0.2) is 16.2 Å². The Labute approximate surface area is 47.9 Å². The summed E-state index contributed by atoms with van der Waals surface area (Å²) < 4.78 is 0. The minimum absolute atomic E-state index is 0.0255. The second-order valence-corrected chi connectivity index (χ2v) is 1.49. The van der Waals surface area contributed by atoms with Gasteiger partial charge >= 0.3 is 5.97 Å². The average molecular weight is 117 g/mol. The highest BCUT2D eigenvalue weighted by atomic mass is 16.4. The van der Waals surface area contributed by atoms with Crippen molar-refractivity contribution in [3.8, 4) is 0 Å². The van der Waals surface area contributed by atoms with Gasteiger partial charge in [0, 0.05) is 0 Å². The number of carboxylic acid groups (broad SMARTS) is 1. The lowest BCUT2D eigenvalue weighted by atomic mass is 10.2. The van der Waals surface area contributed by atoms with Crippen LogP contribution >= 0.6 is 0 Å². The molecule has 0 aromatic rings. The van der Waals surface area contributed by atoms with Crippen LogP contribution < -0.4 is 0 Å². The fraction of sp³-hybridized carbons (Fsp3) is 0.600. The Balaban J connectivity index is 3.24. The largest absolute Gasteiger partial charge is 0.481 e. The summed E-state index contributed by atoms with van der Waals surface area (Å²) in [5, 5.41) is 16.6. The summed E-state index contributed by atoms with van der Waals surface area (Å²) in [5.74, 6) is -0.982. The molecule has 2 N–H and O–H groups in total. The number of rotatable bonds is 3. The zero-order chi connectivity index (χ0) is 6.57. The summed E-state index contributed by atoms with van der Waals surface area (Å²) in [7, 11) is 0. The molecule has 0 heterocycles. The smallest absolute Gasteiger partial charge is 0.306 e. The third-order valence-electron chi connectivity index (χ3n) is 0.763. The van der Waals surface area contributed by atoms with E-state index in [1.807, 2.05) is 0 Å². The highest BCUT2D eigenvalue weighted by Crippen LogP contribution is 2.03. The molecule has 3 heteroatoms. The molecule has 47 valence electrons. The maximum absolute atomic E-state index is 9.79. The number of hydrogen-bond donors (Lipinski definition) is 2. The van der Waals surface area contributed by atoms with Crippen LogP contribution in [0.3, 0.4) is 0 Å². The van der Waals surface area contributed by atoms with Crippen molar-refractivity contribution in [2.75, 3.05) is 0 Å². The molecule has 0 aromatic heterocycles. The number of aliphatic hydroxyl groups excluding tert-OH is 1. The standard InChI is InChI=1S/C5H9O3/c1-2-4(6)3-5(7)8/h6H,2-3H2,1H3,(H,7,8). The van der Waals surface area contributed by atoms with Gasteiger partial charge in [0.2, 0.25) is 0 Å². The molecule has 0 atom stereocenters. The molecule has 0 aliphatic heterocycles. The lowest BCUT2D eigenvalue weighted by Crippen LogP contribution is -2.02. The Morgan fingerprint density at radius 3 is 2.12 bits per heavy atom. The van der Waals surface area contributed by atoms with E-state index in [1.54, 1.807) is 6.92 Å². The van der Waals surface area contributed by atoms with E-state index >= 15 is 0 Å². The van der Waals surface area contributed by atoms with Gasteiger partial charge in [-0.2, -0.15) is 0 Å². The molecule has 3 nitrogen and oxygen atoms in total. The summed E-state index contributed by atoms with van der Waals surface area (Å²) >= 11 is 0. The van der Waals surface area contributed by atoms with Crippen LogP contribution in [-0.2, 0) is 4.79 Å². The van der Waals surface area contributed by atoms with Gasteiger partial charge in [-0.15, -0.1) is 0 Å². The third-order valence-corrected chi connectivity index (χ3v) is 0.763. The zero-order valence-corrected chi connectivity index (χ0v) is 4.72. The topological polar surface area (TPSA) is 57.5 Å². The van der Waals surface area contributed by atoms with E-state index in [-0.39, 0.29) is 12.5 Å².